The molecule has 0 aromatic rings. The third-order valence-corrected chi connectivity index (χ3v) is 13.3. The molecule has 0 saturated carbocycles. The van der Waals surface area contributed by atoms with Crippen molar-refractivity contribution in [2.24, 2.45) is 0 Å². The zero-order valence-electron chi connectivity index (χ0n) is 44.2. The lowest BCUT2D eigenvalue weighted by Crippen LogP contribution is -2.61. The van der Waals surface area contributed by atoms with Crippen molar-refractivity contribution in [1.82, 2.24) is 5.32 Å². The molecule has 0 radical (unpaired) electrons. The molecule has 8 unspecified atom stereocenters. The van der Waals surface area contributed by atoms with E-state index in [0.717, 1.165) is 89.9 Å². The highest BCUT2D eigenvalue weighted by atomic mass is 16.7. The summed E-state index contributed by atoms with van der Waals surface area (Å²) in [4.78, 5) is 26.4. The first-order chi connectivity index (χ1) is 33.7. The molecule has 402 valence electrons. The molecular weight excluding hydrogens is 871 g/mol. The molecule has 1 amide bonds. The van der Waals surface area contributed by atoms with Crippen LogP contribution >= 0.6 is 0 Å². The number of carbonyl (C=O) groups is 2. The van der Waals surface area contributed by atoms with Crippen molar-refractivity contribution < 1.29 is 49.3 Å². The van der Waals surface area contributed by atoms with E-state index in [1.54, 1.807) is 6.08 Å². The van der Waals surface area contributed by atoms with E-state index < -0.39 is 67.4 Å². The standard InChI is InChI=1S/C58H105NO10/c1-4-7-10-13-16-19-22-24-26-28-31-34-37-40-43-46-53(63)69-56-55(65)54(64)52(47-60)68-58(56)67-48-49(50(61)44-41-38-35-32-29-21-18-15-12-9-6-3)59-57(66)51(62)45-42-39-36-33-30-27-25-23-20-17-14-11-8-5-2/h7,10,13,16,19,22,41,44,49-52,54-56,58,60-62,64-65H,4-6,8-9,11-12,14-15,17-18,20-21,23-40,42-43,45-48H2,1-3H3,(H,59,66)/b10-7+,16-13+,22-19+,44-41+. The molecular formula is C58H105NO10. The Balaban J connectivity index is 2.73. The van der Waals surface area contributed by atoms with Gasteiger partial charge in [0.05, 0.1) is 25.4 Å². The molecule has 11 nitrogen and oxygen atoms in total. The van der Waals surface area contributed by atoms with E-state index in [9.17, 15) is 35.1 Å². The van der Waals surface area contributed by atoms with Gasteiger partial charge in [-0.25, -0.2) is 0 Å². The van der Waals surface area contributed by atoms with Gasteiger partial charge in [-0.05, 0) is 44.9 Å². The monoisotopic (exact) mass is 976 g/mol. The summed E-state index contributed by atoms with van der Waals surface area (Å²) in [5.41, 5.74) is 0. The Morgan fingerprint density at radius 3 is 1.55 bits per heavy atom. The zero-order chi connectivity index (χ0) is 50.4. The maximum absolute atomic E-state index is 13.4. The highest BCUT2D eigenvalue weighted by Gasteiger charge is 2.47. The van der Waals surface area contributed by atoms with Crippen molar-refractivity contribution in [1.29, 1.82) is 0 Å². The van der Waals surface area contributed by atoms with Gasteiger partial charge >= 0.3 is 5.97 Å². The first-order valence-electron chi connectivity index (χ1n) is 28.4. The number of carbonyl (C=O) groups excluding carboxylic acids is 2. The van der Waals surface area contributed by atoms with E-state index in [4.69, 9.17) is 14.2 Å². The minimum atomic E-state index is -1.62. The molecule has 1 aliphatic heterocycles. The molecule has 1 rings (SSSR count). The SMILES string of the molecule is CC/C=C/C=C/C=C/CCCCCCCCCC(=O)OC1C(OCC(NC(=O)C(O)CCCCCCCCCCCCCCCC)C(O)/C=C/CCCCCCCCCCC)OC(CO)C(O)C1O. The second-order valence-electron chi connectivity index (χ2n) is 19.7. The third-order valence-electron chi connectivity index (χ3n) is 13.3. The lowest BCUT2D eigenvalue weighted by molar-refractivity contribution is -0.305. The number of nitrogens with one attached hydrogen (secondary N) is 1. The lowest BCUT2D eigenvalue weighted by Gasteiger charge is -2.41. The number of hydrogen-bond donors (Lipinski definition) is 6. The molecule has 6 N–H and O–H groups in total. The predicted molar refractivity (Wildman–Crippen MR) is 283 cm³/mol. The molecule has 8 atom stereocenters. The average Bonchev–Trinajstić information content (AvgIpc) is 3.34. The molecule has 0 spiro atoms. The van der Waals surface area contributed by atoms with Crippen molar-refractivity contribution in [3.8, 4) is 0 Å². The van der Waals surface area contributed by atoms with Crippen LogP contribution in [0.1, 0.15) is 245 Å². The van der Waals surface area contributed by atoms with Crippen LogP contribution in [0.4, 0.5) is 0 Å². The van der Waals surface area contributed by atoms with E-state index in [-0.39, 0.29) is 13.0 Å². The van der Waals surface area contributed by atoms with Crippen molar-refractivity contribution in [3.05, 3.63) is 48.6 Å². The molecule has 1 aliphatic rings. The largest absolute Gasteiger partial charge is 0.454 e. The van der Waals surface area contributed by atoms with Crippen molar-refractivity contribution >= 4 is 11.9 Å². The van der Waals surface area contributed by atoms with E-state index in [2.05, 4.69) is 56.5 Å². The van der Waals surface area contributed by atoms with Crippen LogP contribution in [0.25, 0.3) is 0 Å². The number of ether oxygens (including phenoxy) is 3. The number of aliphatic hydroxyl groups excluding tert-OH is 5. The van der Waals surface area contributed by atoms with Crippen LogP contribution in [0.15, 0.2) is 48.6 Å². The van der Waals surface area contributed by atoms with Gasteiger partial charge in [0.2, 0.25) is 5.91 Å². The van der Waals surface area contributed by atoms with Gasteiger partial charge < -0.3 is 45.1 Å². The van der Waals surface area contributed by atoms with Crippen molar-refractivity contribution in [2.45, 2.75) is 294 Å². The summed E-state index contributed by atoms with van der Waals surface area (Å²) in [6.45, 7) is 5.64. The maximum Gasteiger partial charge on any atom is 0.306 e. The summed E-state index contributed by atoms with van der Waals surface area (Å²) < 4.78 is 17.5. The number of allylic oxidation sites excluding steroid dienone is 7. The number of hydrogen-bond acceptors (Lipinski definition) is 10. The summed E-state index contributed by atoms with van der Waals surface area (Å²) in [5, 5.41) is 56.7. The van der Waals surface area contributed by atoms with E-state index in [1.165, 1.54) is 109 Å². The van der Waals surface area contributed by atoms with Gasteiger partial charge in [-0.2, -0.15) is 0 Å². The van der Waals surface area contributed by atoms with E-state index in [1.807, 2.05) is 12.2 Å². The number of unbranched alkanes of at least 4 members (excludes halogenated alkanes) is 29. The smallest absolute Gasteiger partial charge is 0.306 e. The number of aliphatic hydroxyl groups is 5. The fraction of sp³-hybridized carbons (Fsp3) is 0.828. The molecule has 69 heavy (non-hydrogen) atoms. The van der Waals surface area contributed by atoms with Crippen LogP contribution in [0, 0.1) is 0 Å². The Labute approximate surface area is 421 Å². The number of rotatable bonds is 47. The fourth-order valence-electron chi connectivity index (χ4n) is 8.77. The van der Waals surface area contributed by atoms with Gasteiger partial charge in [-0.15, -0.1) is 0 Å². The first-order valence-corrected chi connectivity index (χ1v) is 28.4. The third kappa shape index (κ3) is 35.4. The quantitative estimate of drug-likeness (QED) is 0.0149. The summed E-state index contributed by atoms with van der Waals surface area (Å²) in [6, 6.07) is -1.02. The molecule has 0 aliphatic carbocycles. The minimum Gasteiger partial charge on any atom is -0.454 e. The normalized spacial score (nSPS) is 20.1. The van der Waals surface area contributed by atoms with Crippen molar-refractivity contribution in [3.63, 3.8) is 0 Å². The van der Waals surface area contributed by atoms with Gasteiger partial charge in [0, 0.05) is 6.42 Å². The lowest BCUT2D eigenvalue weighted by atomic mass is 9.99. The molecule has 1 saturated heterocycles. The minimum absolute atomic E-state index is 0.111. The number of esters is 1. The van der Waals surface area contributed by atoms with Gasteiger partial charge in [0.25, 0.3) is 0 Å². The van der Waals surface area contributed by atoms with Crippen LogP contribution in [-0.4, -0.2) is 99.6 Å². The summed E-state index contributed by atoms with van der Waals surface area (Å²) >= 11 is 0. The highest BCUT2D eigenvalue weighted by Crippen LogP contribution is 2.26. The summed E-state index contributed by atoms with van der Waals surface area (Å²) in [6.07, 6.45) is 44.4. The average molecular weight is 976 g/mol. The van der Waals surface area contributed by atoms with Crippen LogP contribution in [-0.2, 0) is 23.8 Å². The second-order valence-corrected chi connectivity index (χ2v) is 19.7. The fourth-order valence-corrected chi connectivity index (χ4v) is 8.77. The molecule has 0 aromatic carbocycles. The van der Waals surface area contributed by atoms with E-state index >= 15 is 0 Å². The molecule has 0 bridgehead atoms. The highest BCUT2D eigenvalue weighted by molar-refractivity contribution is 5.80. The van der Waals surface area contributed by atoms with Crippen LogP contribution < -0.4 is 5.32 Å². The van der Waals surface area contributed by atoms with Gasteiger partial charge in [-0.1, -0.05) is 243 Å². The van der Waals surface area contributed by atoms with Gasteiger partial charge in [0.15, 0.2) is 12.4 Å². The zero-order valence-corrected chi connectivity index (χ0v) is 44.2. The summed E-state index contributed by atoms with van der Waals surface area (Å²) in [7, 11) is 0. The van der Waals surface area contributed by atoms with Gasteiger partial charge in [0.1, 0.15) is 24.4 Å². The topological polar surface area (TPSA) is 175 Å². The molecule has 1 fully saturated rings. The Hall–Kier alpha value is -2.38. The van der Waals surface area contributed by atoms with Crippen molar-refractivity contribution in [2.75, 3.05) is 13.2 Å². The number of amides is 1. The predicted octanol–water partition coefficient (Wildman–Crippen LogP) is 12.5. The molecule has 11 heteroatoms. The Morgan fingerprint density at radius 1 is 0.580 bits per heavy atom. The van der Waals surface area contributed by atoms with Gasteiger partial charge in [-0.3, -0.25) is 9.59 Å². The first kappa shape index (κ1) is 64.6. The Kier molecular flexibility index (Phi) is 43.7. The molecule has 1 heterocycles. The molecule has 0 aromatic heterocycles. The van der Waals surface area contributed by atoms with E-state index in [0.29, 0.717) is 19.3 Å². The van der Waals surface area contributed by atoms with Crippen LogP contribution in [0.2, 0.25) is 0 Å². The maximum atomic E-state index is 13.4. The second kappa shape index (κ2) is 46.7. The Morgan fingerprint density at radius 2 is 1.04 bits per heavy atom. The Bertz CT molecular complexity index is 1300. The van der Waals surface area contributed by atoms with Crippen LogP contribution in [0.3, 0.4) is 0 Å². The van der Waals surface area contributed by atoms with Crippen LogP contribution in [0.5, 0.6) is 0 Å². The summed E-state index contributed by atoms with van der Waals surface area (Å²) in [5.74, 6) is -1.20.